The summed E-state index contributed by atoms with van der Waals surface area (Å²) in [4.78, 5) is 11.2. The topological polar surface area (TPSA) is 53.1 Å². The van der Waals surface area contributed by atoms with Gasteiger partial charge in [0.25, 0.3) is 0 Å². The number of hydrogen-bond donors (Lipinski definition) is 2. The maximum atomic E-state index is 13.2. The van der Waals surface area contributed by atoms with Crippen LogP contribution in [0.15, 0.2) is 24.3 Å². The molecule has 6 heteroatoms. The molecule has 22 heavy (non-hydrogen) atoms. The van der Waals surface area contributed by atoms with E-state index in [4.69, 9.17) is 0 Å². The highest BCUT2D eigenvalue weighted by Gasteiger charge is 2.40. The van der Waals surface area contributed by atoms with Crippen molar-refractivity contribution in [3.05, 3.63) is 35.6 Å². The lowest BCUT2D eigenvalue weighted by molar-refractivity contribution is 0.569. The van der Waals surface area contributed by atoms with Crippen molar-refractivity contribution in [2.75, 3.05) is 36.2 Å². The lowest BCUT2D eigenvalue weighted by Crippen LogP contribution is -2.25. The van der Waals surface area contributed by atoms with Crippen molar-refractivity contribution >= 4 is 23.3 Å². The maximum absolute atomic E-state index is 13.2. The number of anilines is 4. The maximum Gasteiger partial charge on any atom is 0.226 e. The van der Waals surface area contributed by atoms with E-state index in [1.165, 1.54) is 12.1 Å². The van der Waals surface area contributed by atoms with Gasteiger partial charge in [-0.15, -0.1) is 0 Å². The first-order valence-electron chi connectivity index (χ1n) is 7.27. The van der Waals surface area contributed by atoms with Gasteiger partial charge in [-0.25, -0.2) is 4.39 Å². The van der Waals surface area contributed by atoms with Crippen LogP contribution in [0.5, 0.6) is 0 Å². The van der Waals surface area contributed by atoms with E-state index in [0.29, 0.717) is 5.95 Å². The van der Waals surface area contributed by atoms with Crippen molar-refractivity contribution in [2.45, 2.75) is 19.3 Å². The summed E-state index contributed by atoms with van der Waals surface area (Å²) in [5.41, 5.74) is 1.91. The molecular weight excluding hydrogens is 281 g/mol. The second kappa shape index (κ2) is 5.12. The number of hydrogen-bond acceptors (Lipinski definition) is 5. The second-order valence-electron chi connectivity index (χ2n) is 6.04. The Morgan fingerprint density at radius 3 is 2.36 bits per heavy atom. The van der Waals surface area contributed by atoms with Crippen LogP contribution in [-0.4, -0.2) is 30.6 Å². The number of rotatable bonds is 3. The highest BCUT2D eigenvalue weighted by atomic mass is 19.1. The zero-order valence-electron chi connectivity index (χ0n) is 13.2. The third-order valence-electron chi connectivity index (χ3n) is 3.97. The zero-order valence-corrected chi connectivity index (χ0v) is 13.2. The van der Waals surface area contributed by atoms with E-state index in [0.717, 1.165) is 29.4 Å². The highest BCUT2D eigenvalue weighted by molar-refractivity contribution is 5.75. The minimum atomic E-state index is -0.239. The van der Waals surface area contributed by atoms with Gasteiger partial charge >= 0.3 is 0 Å². The molecular formula is C16H20FN5. The fraction of sp³-hybridized carbons (Fsp3) is 0.375. The molecule has 1 aliphatic rings. The van der Waals surface area contributed by atoms with Crippen LogP contribution in [0.1, 0.15) is 19.4 Å². The van der Waals surface area contributed by atoms with Crippen molar-refractivity contribution in [1.29, 1.82) is 0 Å². The van der Waals surface area contributed by atoms with E-state index in [1.54, 1.807) is 19.2 Å². The molecule has 2 N–H and O–H groups in total. The molecule has 0 atom stereocenters. The number of nitrogens with one attached hydrogen (secondary N) is 2. The minimum absolute atomic E-state index is 0.103. The molecule has 2 heterocycles. The number of benzene rings is 1. The predicted molar refractivity (Wildman–Crippen MR) is 87.6 cm³/mol. The van der Waals surface area contributed by atoms with Crippen LogP contribution in [0, 0.1) is 5.82 Å². The average Bonchev–Trinajstić information content (AvgIpc) is 2.79. The molecule has 116 valence electrons. The minimum Gasteiger partial charge on any atom is -0.373 e. The van der Waals surface area contributed by atoms with Gasteiger partial charge in [0.05, 0.1) is 0 Å². The molecule has 0 amide bonds. The summed E-state index contributed by atoms with van der Waals surface area (Å²) in [5.74, 6) is 2.01. The summed E-state index contributed by atoms with van der Waals surface area (Å²) < 4.78 is 13.2. The molecule has 0 saturated heterocycles. The van der Waals surface area contributed by atoms with E-state index in [1.807, 2.05) is 7.05 Å². The third-order valence-corrected chi connectivity index (χ3v) is 3.97. The normalized spacial score (nSPS) is 15.6. The fourth-order valence-corrected chi connectivity index (χ4v) is 2.94. The number of nitrogens with zero attached hydrogens (tertiary/aromatic N) is 3. The number of halogens is 1. The van der Waals surface area contributed by atoms with Crippen LogP contribution < -0.4 is 15.5 Å². The first kappa shape index (κ1) is 14.6. The van der Waals surface area contributed by atoms with Crippen molar-refractivity contribution in [1.82, 2.24) is 9.97 Å². The number of fused-ring (bicyclic) bond motifs is 1. The van der Waals surface area contributed by atoms with Crippen molar-refractivity contribution < 1.29 is 4.39 Å². The van der Waals surface area contributed by atoms with Gasteiger partial charge in [0.1, 0.15) is 17.5 Å². The van der Waals surface area contributed by atoms with Crippen LogP contribution in [0.4, 0.5) is 27.7 Å². The van der Waals surface area contributed by atoms with Gasteiger partial charge in [0.2, 0.25) is 5.95 Å². The van der Waals surface area contributed by atoms with Gasteiger partial charge in [-0.05, 0) is 24.3 Å². The van der Waals surface area contributed by atoms with Crippen LogP contribution in [0.3, 0.4) is 0 Å². The molecule has 0 saturated carbocycles. The van der Waals surface area contributed by atoms with Crippen molar-refractivity contribution in [2.24, 2.45) is 0 Å². The van der Waals surface area contributed by atoms with Gasteiger partial charge in [-0.1, -0.05) is 13.8 Å². The van der Waals surface area contributed by atoms with Gasteiger partial charge < -0.3 is 15.5 Å². The summed E-state index contributed by atoms with van der Waals surface area (Å²) in [7, 11) is 3.65. The van der Waals surface area contributed by atoms with Crippen LogP contribution in [0.2, 0.25) is 0 Å². The van der Waals surface area contributed by atoms with Crippen LogP contribution in [0.25, 0.3) is 0 Å². The first-order chi connectivity index (χ1) is 10.5. The molecule has 1 aliphatic heterocycles. The Kier molecular flexibility index (Phi) is 3.39. The monoisotopic (exact) mass is 301 g/mol. The standard InChI is InChI=1S/C16H20FN5/c1-16(2)9-22(11-7-5-10(17)6-8-11)14-12(16)13(18-3)20-15(19-4)21-14/h5-8H,9H2,1-4H3,(H2,18,19,20,21). The van der Waals surface area contributed by atoms with E-state index < -0.39 is 0 Å². The summed E-state index contributed by atoms with van der Waals surface area (Å²) in [6, 6.07) is 6.50. The van der Waals surface area contributed by atoms with Gasteiger partial charge in [-0.2, -0.15) is 9.97 Å². The summed E-state index contributed by atoms with van der Waals surface area (Å²) >= 11 is 0. The largest absolute Gasteiger partial charge is 0.373 e. The van der Waals surface area contributed by atoms with Crippen LogP contribution in [-0.2, 0) is 5.41 Å². The predicted octanol–water partition coefficient (Wildman–Crippen LogP) is 3.13. The van der Waals surface area contributed by atoms with Gasteiger partial charge in [0, 0.05) is 37.3 Å². The Labute approximate surface area is 129 Å². The lowest BCUT2D eigenvalue weighted by Gasteiger charge is -2.21. The first-order valence-corrected chi connectivity index (χ1v) is 7.27. The second-order valence-corrected chi connectivity index (χ2v) is 6.04. The Hall–Kier alpha value is -2.37. The molecule has 0 spiro atoms. The van der Waals surface area contributed by atoms with Crippen LogP contribution >= 0.6 is 0 Å². The lowest BCUT2D eigenvalue weighted by atomic mass is 9.88. The molecule has 2 aromatic rings. The molecule has 0 bridgehead atoms. The Morgan fingerprint density at radius 1 is 1.09 bits per heavy atom. The zero-order chi connectivity index (χ0) is 15.9. The quantitative estimate of drug-likeness (QED) is 0.912. The molecule has 0 unspecified atom stereocenters. The van der Waals surface area contributed by atoms with E-state index in [9.17, 15) is 4.39 Å². The van der Waals surface area contributed by atoms with E-state index in [-0.39, 0.29) is 11.2 Å². The number of aromatic nitrogens is 2. The molecule has 5 nitrogen and oxygen atoms in total. The fourth-order valence-electron chi connectivity index (χ4n) is 2.94. The highest BCUT2D eigenvalue weighted by Crippen LogP contribution is 2.46. The smallest absolute Gasteiger partial charge is 0.226 e. The molecule has 0 fully saturated rings. The summed E-state index contributed by atoms with van der Waals surface area (Å²) in [6.07, 6.45) is 0. The van der Waals surface area contributed by atoms with Gasteiger partial charge in [-0.3, -0.25) is 0 Å². The average molecular weight is 301 g/mol. The molecule has 1 aromatic heterocycles. The van der Waals surface area contributed by atoms with Crippen molar-refractivity contribution in [3.8, 4) is 0 Å². The third kappa shape index (κ3) is 2.24. The van der Waals surface area contributed by atoms with E-state index in [2.05, 4.69) is 39.3 Å². The molecule has 0 aliphatic carbocycles. The Balaban J connectivity index is 2.17. The summed E-state index contributed by atoms with van der Waals surface area (Å²) in [6.45, 7) is 5.10. The Morgan fingerprint density at radius 2 is 1.77 bits per heavy atom. The molecule has 3 rings (SSSR count). The SMILES string of the molecule is CNc1nc(NC)c2c(n1)N(c1ccc(F)cc1)CC2(C)C. The molecule has 0 radical (unpaired) electrons. The summed E-state index contributed by atoms with van der Waals surface area (Å²) in [5, 5.41) is 6.15. The van der Waals surface area contributed by atoms with E-state index >= 15 is 0 Å². The van der Waals surface area contributed by atoms with Crippen molar-refractivity contribution in [3.63, 3.8) is 0 Å². The van der Waals surface area contributed by atoms with Gasteiger partial charge in [0.15, 0.2) is 0 Å². The Bertz CT molecular complexity index is 696. The molecule has 1 aromatic carbocycles.